The van der Waals surface area contributed by atoms with Gasteiger partial charge in [0.05, 0.1) is 17.2 Å². The van der Waals surface area contributed by atoms with Gasteiger partial charge in [-0.1, -0.05) is 12.5 Å². The predicted molar refractivity (Wildman–Crippen MR) is 104 cm³/mol. The minimum absolute atomic E-state index is 0.0454. The maximum atomic E-state index is 12.8. The zero-order valence-electron chi connectivity index (χ0n) is 16.3. The van der Waals surface area contributed by atoms with E-state index in [0.29, 0.717) is 31.0 Å². The van der Waals surface area contributed by atoms with E-state index in [9.17, 15) is 14.7 Å². The molecule has 2 saturated heterocycles. The molecule has 1 saturated carbocycles. The van der Waals surface area contributed by atoms with Crippen molar-refractivity contribution in [1.29, 1.82) is 0 Å². The average molecular weight is 388 g/mol. The van der Waals surface area contributed by atoms with Crippen LogP contribution in [-0.4, -0.2) is 54.4 Å². The number of aryl methyl sites for hydroxylation is 1. The van der Waals surface area contributed by atoms with Crippen LogP contribution >= 0.6 is 0 Å². The predicted octanol–water partition coefficient (Wildman–Crippen LogP) is 3.27. The largest absolute Gasteiger partial charge is 0.489 e. The van der Waals surface area contributed by atoms with E-state index in [1.54, 1.807) is 4.90 Å². The van der Waals surface area contributed by atoms with E-state index in [0.717, 1.165) is 37.9 Å². The number of nitrogens with one attached hydrogen (secondary N) is 1. The molecule has 4 rings (SSSR count). The summed E-state index contributed by atoms with van der Waals surface area (Å²) < 4.78 is 11.6. The molecule has 1 unspecified atom stereocenters. The van der Waals surface area contributed by atoms with Gasteiger partial charge in [0.25, 0.3) is 0 Å². The molecular formula is C21H28N2O5. The number of anilines is 1. The number of hydrogen-bond donors (Lipinski definition) is 2. The van der Waals surface area contributed by atoms with Crippen LogP contribution in [0.4, 0.5) is 10.5 Å². The lowest BCUT2D eigenvalue weighted by Gasteiger charge is -2.23. The third kappa shape index (κ3) is 3.55. The summed E-state index contributed by atoms with van der Waals surface area (Å²) in [5, 5.41) is 12.7. The Bertz CT molecular complexity index is 761. The molecule has 1 aliphatic carbocycles. The third-order valence-corrected chi connectivity index (χ3v) is 6.41. The van der Waals surface area contributed by atoms with Crippen LogP contribution < -0.4 is 10.1 Å². The highest BCUT2D eigenvalue weighted by molar-refractivity contribution is 5.92. The Morgan fingerprint density at radius 1 is 1.36 bits per heavy atom. The SMILES string of the molecule is Cc1ccc(NC(=O)N2C[C@@H]3CCC[C@@]3(C(=O)O)C2)c(OCC2CCCO2)c1. The van der Waals surface area contributed by atoms with Crippen LogP contribution in [0.1, 0.15) is 37.7 Å². The first-order chi connectivity index (χ1) is 13.5. The fourth-order valence-corrected chi connectivity index (χ4v) is 4.80. The molecule has 3 aliphatic rings. The fraction of sp³-hybridized carbons (Fsp3) is 0.619. The normalized spacial score (nSPS) is 29.0. The Balaban J connectivity index is 1.43. The molecule has 7 nitrogen and oxygen atoms in total. The van der Waals surface area contributed by atoms with Gasteiger partial charge in [-0.2, -0.15) is 0 Å². The molecule has 2 heterocycles. The Hall–Kier alpha value is -2.28. The van der Waals surface area contributed by atoms with Crippen molar-refractivity contribution in [3.63, 3.8) is 0 Å². The van der Waals surface area contributed by atoms with E-state index in [1.807, 2.05) is 25.1 Å². The Morgan fingerprint density at radius 2 is 2.21 bits per heavy atom. The fourth-order valence-electron chi connectivity index (χ4n) is 4.80. The van der Waals surface area contributed by atoms with Crippen molar-refractivity contribution in [2.24, 2.45) is 11.3 Å². The van der Waals surface area contributed by atoms with Crippen LogP contribution in [-0.2, 0) is 9.53 Å². The first-order valence-corrected chi connectivity index (χ1v) is 10.1. The first-order valence-electron chi connectivity index (χ1n) is 10.1. The van der Waals surface area contributed by atoms with E-state index >= 15 is 0 Å². The summed E-state index contributed by atoms with van der Waals surface area (Å²) in [6.45, 7) is 3.98. The first kappa shape index (κ1) is 19.1. The minimum Gasteiger partial charge on any atom is -0.489 e. The highest BCUT2D eigenvalue weighted by Gasteiger charge is 2.55. The van der Waals surface area contributed by atoms with Crippen LogP contribution in [0.15, 0.2) is 18.2 Å². The lowest BCUT2D eigenvalue weighted by molar-refractivity contribution is -0.149. The van der Waals surface area contributed by atoms with E-state index in [4.69, 9.17) is 9.47 Å². The van der Waals surface area contributed by atoms with Crippen LogP contribution in [0.2, 0.25) is 0 Å². The molecule has 0 bridgehead atoms. The molecule has 0 spiro atoms. The quantitative estimate of drug-likeness (QED) is 0.808. The Labute approximate surface area is 165 Å². The third-order valence-electron chi connectivity index (χ3n) is 6.41. The molecule has 0 radical (unpaired) electrons. The minimum atomic E-state index is -0.777. The van der Waals surface area contributed by atoms with Gasteiger partial charge in [-0.25, -0.2) is 4.79 Å². The van der Waals surface area contributed by atoms with Crippen LogP contribution in [0.5, 0.6) is 5.75 Å². The molecule has 7 heteroatoms. The van der Waals surface area contributed by atoms with Gasteiger partial charge in [0.15, 0.2) is 0 Å². The van der Waals surface area contributed by atoms with Gasteiger partial charge in [0.1, 0.15) is 12.4 Å². The zero-order chi connectivity index (χ0) is 19.7. The van der Waals surface area contributed by atoms with Crippen molar-refractivity contribution in [2.75, 3.05) is 31.6 Å². The van der Waals surface area contributed by atoms with Crippen molar-refractivity contribution in [3.05, 3.63) is 23.8 Å². The number of urea groups is 1. The highest BCUT2D eigenvalue weighted by Crippen LogP contribution is 2.49. The smallest absolute Gasteiger partial charge is 0.321 e. The van der Waals surface area contributed by atoms with Crippen LogP contribution in [0, 0.1) is 18.3 Å². The van der Waals surface area contributed by atoms with Gasteiger partial charge in [-0.15, -0.1) is 0 Å². The molecule has 2 N–H and O–H groups in total. The van der Waals surface area contributed by atoms with Gasteiger partial charge in [0.2, 0.25) is 0 Å². The van der Waals surface area contributed by atoms with E-state index in [-0.39, 0.29) is 24.6 Å². The lowest BCUT2D eigenvalue weighted by Crippen LogP contribution is -2.38. The number of nitrogens with zero attached hydrogens (tertiary/aromatic N) is 1. The van der Waals surface area contributed by atoms with Crippen LogP contribution in [0.25, 0.3) is 0 Å². The Morgan fingerprint density at radius 3 is 2.93 bits per heavy atom. The van der Waals surface area contributed by atoms with E-state index in [2.05, 4.69) is 5.32 Å². The number of rotatable bonds is 5. The summed E-state index contributed by atoms with van der Waals surface area (Å²) in [6, 6.07) is 5.40. The molecule has 2 amide bonds. The Kier molecular flexibility index (Phi) is 5.19. The highest BCUT2D eigenvalue weighted by atomic mass is 16.5. The van der Waals surface area contributed by atoms with Gasteiger partial charge in [-0.3, -0.25) is 4.79 Å². The van der Waals surface area contributed by atoms with Gasteiger partial charge >= 0.3 is 12.0 Å². The second kappa shape index (κ2) is 7.62. The summed E-state index contributed by atoms with van der Waals surface area (Å²) in [5.41, 5.74) is 0.875. The van der Waals surface area contributed by atoms with Gasteiger partial charge in [-0.05, 0) is 56.2 Å². The number of carboxylic acid groups (broad SMARTS) is 1. The van der Waals surface area contributed by atoms with Gasteiger partial charge < -0.3 is 24.8 Å². The summed E-state index contributed by atoms with van der Waals surface area (Å²) in [5.74, 6) is -0.110. The molecule has 1 aromatic carbocycles. The number of likely N-dealkylation sites (tertiary alicyclic amines) is 1. The number of carbonyl (C=O) groups is 2. The summed E-state index contributed by atoms with van der Waals surface area (Å²) in [7, 11) is 0. The molecule has 2 aliphatic heterocycles. The molecule has 0 aromatic heterocycles. The number of hydrogen-bond acceptors (Lipinski definition) is 4. The average Bonchev–Trinajstić information content (AvgIpc) is 3.37. The number of amides is 2. The van der Waals surface area contributed by atoms with Crippen molar-refractivity contribution < 1.29 is 24.2 Å². The second-order valence-corrected chi connectivity index (χ2v) is 8.31. The summed E-state index contributed by atoms with van der Waals surface area (Å²) in [4.78, 5) is 26.3. The number of carboxylic acids is 1. The standard InChI is InChI=1S/C21H28N2O5/c1-14-6-7-17(18(10-14)28-12-16-5-3-9-27-16)22-20(26)23-11-15-4-2-8-21(15,13-23)19(24)25/h6-7,10,15-16H,2-5,8-9,11-13H2,1H3,(H,22,26)(H,24,25)/t15-,16?,21+/m0/s1. The van der Waals surface area contributed by atoms with Gasteiger partial charge in [0, 0.05) is 19.7 Å². The number of carbonyl (C=O) groups excluding carboxylic acids is 1. The molecule has 1 aromatic rings. The maximum absolute atomic E-state index is 12.8. The topological polar surface area (TPSA) is 88.1 Å². The maximum Gasteiger partial charge on any atom is 0.321 e. The summed E-state index contributed by atoms with van der Waals surface area (Å²) >= 11 is 0. The molecule has 3 atom stereocenters. The molecule has 28 heavy (non-hydrogen) atoms. The van der Waals surface area contributed by atoms with Crippen molar-refractivity contribution in [3.8, 4) is 5.75 Å². The number of aliphatic carboxylic acids is 1. The number of benzene rings is 1. The van der Waals surface area contributed by atoms with Crippen molar-refractivity contribution in [1.82, 2.24) is 4.90 Å². The number of ether oxygens (including phenoxy) is 2. The molecular weight excluding hydrogens is 360 g/mol. The summed E-state index contributed by atoms with van der Waals surface area (Å²) in [6.07, 6.45) is 4.57. The number of fused-ring (bicyclic) bond motifs is 1. The molecule has 3 fully saturated rings. The monoisotopic (exact) mass is 388 g/mol. The zero-order valence-corrected chi connectivity index (χ0v) is 16.3. The van der Waals surface area contributed by atoms with Crippen molar-refractivity contribution >= 4 is 17.7 Å². The molecule has 152 valence electrons. The van der Waals surface area contributed by atoms with E-state index in [1.165, 1.54) is 0 Å². The lowest BCUT2D eigenvalue weighted by atomic mass is 9.81. The second-order valence-electron chi connectivity index (χ2n) is 8.31. The van der Waals surface area contributed by atoms with Crippen molar-refractivity contribution in [2.45, 2.75) is 45.1 Å². The van der Waals surface area contributed by atoms with Crippen LogP contribution in [0.3, 0.4) is 0 Å². The van der Waals surface area contributed by atoms with E-state index < -0.39 is 11.4 Å².